The smallest absolute Gasteiger partial charge is 0.163 e. The molecule has 3 N–H and O–H groups in total. The van der Waals surface area contributed by atoms with Gasteiger partial charge in [0, 0.05) is 28.1 Å². The van der Waals surface area contributed by atoms with Gasteiger partial charge < -0.3 is 20.3 Å². The Labute approximate surface area is 229 Å². The van der Waals surface area contributed by atoms with Crippen molar-refractivity contribution in [1.29, 1.82) is 0 Å². The maximum Gasteiger partial charge on any atom is 0.163 e. The number of ether oxygens (including phenoxy) is 2. The van der Waals surface area contributed by atoms with Crippen LogP contribution in [0.1, 0.15) is 68.1 Å². The van der Waals surface area contributed by atoms with Gasteiger partial charge >= 0.3 is 0 Å². The van der Waals surface area contributed by atoms with Gasteiger partial charge in [0.15, 0.2) is 17.3 Å². The molecule has 1 atom stereocenters. The standard InChI is InChI=1S/C29H33ClN2O4.ClH/c1-28(2,31)20-16-23(18-5-8-21(30)9-6-18)32-27(17-20)29(3,34)14-13-24(33)19-7-12-25(26(15-19)35-4)36-22-10-11-22;/h5-9,12,15-17,22,34H,10-11,13-14,31H2,1-4H3;1H. The van der Waals surface area contributed by atoms with E-state index in [0.717, 1.165) is 24.0 Å². The Bertz CT molecular complexity index is 1250. The number of nitrogens with two attached hydrogens (primary N) is 1. The summed E-state index contributed by atoms with van der Waals surface area (Å²) in [5.74, 6) is 1.08. The fourth-order valence-electron chi connectivity index (χ4n) is 3.88. The van der Waals surface area contributed by atoms with Crippen molar-refractivity contribution in [3.05, 3.63) is 76.4 Å². The van der Waals surface area contributed by atoms with Gasteiger partial charge in [-0.1, -0.05) is 23.7 Å². The van der Waals surface area contributed by atoms with Crippen LogP contribution in [0.3, 0.4) is 0 Å². The van der Waals surface area contributed by atoms with E-state index in [2.05, 4.69) is 0 Å². The van der Waals surface area contributed by atoms with Crippen LogP contribution in [0.5, 0.6) is 11.5 Å². The van der Waals surface area contributed by atoms with Crippen LogP contribution >= 0.6 is 24.0 Å². The molecule has 4 rings (SSSR count). The number of aromatic nitrogens is 1. The van der Waals surface area contributed by atoms with Crippen LogP contribution in [0.2, 0.25) is 5.02 Å². The first kappa shape index (κ1) is 28.9. The molecule has 8 heteroatoms. The number of carbonyl (C=O) groups is 1. The van der Waals surface area contributed by atoms with E-state index >= 15 is 0 Å². The van der Waals surface area contributed by atoms with Crippen molar-refractivity contribution >= 4 is 29.8 Å². The van der Waals surface area contributed by atoms with E-state index in [9.17, 15) is 9.90 Å². The molecule has 1 aliphatic carbocycles. The monoisotopic (exact) mass is 544 g/mol. The quantitative estimate of drug-likeness (QED) is 0.285. The number of methoxy groups -OCH3 is 1. The number of halogens is 2. The largest absolute Gasteiger partial charge is 0.493 e. The molecule has 0 bridgehead atoms. The highest BCUT2D eigenvalue weighted by molar-refractivity contribution is 6.30. The predicted molar refractivity (Wildman–Crippen MR) is 149 cm³/mol. The summed E-state index contributed by atoms with van der Waals surface area (Å²) < 4.78 is 11.3. The lowest BCUT2D eigenvalue weighted by molar-refractivity contribution is 0.0396. The molecule has 0 radical (unpaired) electrons. The number of pyridine rings is 1. The molecule has 0 aliphatic heterocycles. The SMILES string of the molecule is COc1cc(C(=O)CCC(C)(O)c2cc(C(C)(C)N)cc(-c3ccc(Cl)cc3)n2)ccc1OC1CC1.Cl. The van der Waals surface area contributed by atoms with E-state index in [1.165, 1.54) is 0 Å². The highest BCUT2D eigenvalue weighted by Crippen LogP contribution is 2.35. The minimum atomic E-state index is -1.35. The van der Waals surface area contributed by atoms with Gasteiger partial charge in [0.25, 0.3) is 0 Å². The van der Waals surface area contributed by atoms with Gasteiger partial charge in [-0.3, -0.25) is 4.79 Å². The zero-order valence-corrected chi connectivity index (χ0v) is 23.2. The van der Waals surface area contributed by atoms with Crippen molar-refractivity contribution in [1.82, 2.24) is 4.98 Å². The molecule has 6 nitrogen and oxygen atoms in total. The second-order valence-corrected chi connectivity index (χ2v) is 10.7. The molecule has 1 fully saturated rings. The molecular weight excluding hydrogens is 511 g/mol. The second kappa shape index (κ2) is 11.4. The van der Waals surface area contributed by atoms with Gasteiger partial charge in [-0.05, 0) is 88.1 Å². The van der Waals surface area contributed by atoms with Crippen LogP contribution in [0.15, 0.2) is 54.6 Å². The topological polar surface area (TPSA) is 94.7 Å². The normalized spacial score (nSPS) is 14.9. The highest BCUT2D eigenvalue weighted by Gasteiger charge is 2.29. The summed E-state index contributed by atoms with van der Waals surface area (Å²) in [5.41, 5.74) is 7.75. The predicted octanol–water partition coefficient (Wildman–Crippen LogP) is 6.44. The van der Waals surface area contributed by atoms with Crippen molar-refractivity contribution in [2.45, 2.75) is 63.7 Å². The minimum Gasteiger partial charge on any atom is -0.493 e. The third-order valence-electron chi connectivity index (χ3n) is 6.40. The summed E-state index contributed by atoms with van der Waals surface area (Å²) in [6.45, 7) is 5.48. The number of hydrogen-bond donors (Lipinski definition) is 2. The van der Waals surface area contributed by atoms with Gasteiger partial charge in [0.05, 0.1) is 24.6 Å². The Morgan fingerprint density at radius 2 is 1.76 bits per heavy atom. The van der Waals surface area contributed by atoms with E-state index in [0.29, 0.717) is 33.5 Å². The summed E-state index contributed by atoms with van der Waals surface area (Å²) in [6.07, 6.45) is 2.63. The van der Waals surface area contributed by atoms with Gasteiger partial charge in [-0.2, -0.15) is 0 Å². The molecule has 2 aromatic carbocycles. The Morgan fingerprint density at radius 1 is 1.08 bits per heavy atom. The van der Waals surface area contributed by atoms with Crippen LogP contribution in [-0.4, -0.2) is 29.1 Å². The van der Waals surface area contributed by atoms with Crippen molar-refractivity contribution < 1.29 is 19.4 Å². The molecule has 1 aromatic heterocycles. The fourth-order valence-corrected chi connectivity index (χ4v) is 4.01. The van der Waals surface area contributed by atoms with E-state index in [1.807, 2.05) is 38.1 Å². The van der Waals surface area contributed by atoms with Crippen molar-refractivity contribution in [2.24, 2.45) is 5.73 Å². The molecular formula is C29H34Cl2N2O4. The maximum absolute atomic E-state index is 13.0. The van der Waals surface area contributed by atoms with Crippen LogP contribution in [-0.2, 0) is 11.1 Å². The first-order chi connectivity index (χ1) is 17.0. The van der Waals surface area contributed by atoms with Crippen LogP contribution in [0.25, 0.3) is 11.3 Å². The molecule has 1 aliphatic rings. The Morgan fingerprint density at radius 3 is 2.35 bits per heavy atom. The lowest BCUT2D eigenvalue weighted by Gasteiger charge is -2.27. The first-order valence-corrected chi connectivity index (χ1v) is 12.5. The van der Waals surface area contributed by atoms with Gasteiger partial charge in [-0.25, -0.2) is 4.98 Å². The molecule has 1 saturated carbocycles. The number of carbonyl (C=O) groups excluding carboxylic acids is 1. The van der Waals surface area contributed by atoms with E-state index in [4.69, 9.17) is 31.8 Å². The maximum atomic E-state index is 13.0. The number of rotatable bonds is 10. The van der Waals surface area contributed by atoms with Crippen molar-refractivity contribution in [3.63, 3.8) is 0 Å². The number of nitrogens with zero attached hydrogens (tertiary/aromatic N) is 1. The summed E-state index contributed by atoms with van der Waals surface area (Å²) in [5, 5.41) is 12.0. The van der Waals surface area contributed by atoms with Crippen LogP contribution in [0.4, 0.5) is 0 Å². The van der Waals surface area contributed by atoms with E-state index in [1.54, 1.807) is 44.4 Å². The number of ketones is 1. The Hall–Kier alpha value is -2.64. The molecule has 1 unspecified atom stereocenters. The minimum absolute atomic E-state index is 0. The van der Waals surface area contributed by atoms with E-state index in [-0.39, 0.29) is 37.1 Å². The van der Waals surface area contributed by atoms with E-state index < -0.39 is 11.1 Å². The lowest BCUT2D eigenvalue weighted by Crippen LogP contribution is -2.31. The van der Waals surface area contributed by atoms with Gasteiger partial charge in [-0.15, -0.1) is 12.4 Å². The summed E-state index contributed by atoms with van der Waals surface area (Å²) in [4.78, 5) is 17.8. The first-order valence-electron chi connectivity index (χ1n) is 12.1. The molecule has 0 saturated heterocycles. The molecule has 37 heavy (non-hydrogen) atoms. The van der Waals surface area contributed by atoms with Crippen LogP contribution in [0, 0.1) is 0 Å². The van der Waals surface area contributed by atoms with Crippen molar-refractivity contribution in [3.8, 4) is 22.8 Å². The zero-order valence-electron chi connectivity index (χ0n) is 21.6. The average Bonchev–Trinajstić information content (AvgIpc) is 3.66. The average molecular weight is 546 g/mol. The van der Waals surface area contributed by atoms with Gasteiger partial charge in [0.1, 0.15) is 5.60 Å². The summed E-state index contributed by atoms with van der Waals surface area (Å²) in [7, 11) is 1.56. The van der Waals surface area contributed by atoms with Crippen molar-refractivity contribution in [2.75, 3.05) is 7.11 Å². The Balaban J connectivity index is 0.00000380. The number of Topliss-reactive ketones (excluding diaryl/α,β-unsaturated/α-hetero) is 1. The molecule has 0 spiro atoms. The Kier molecular flexibility index (Phi) is 8.91. The number of aliphatic hydroxyl groups is 1. The summed E-state index contributed by atoms with van der Waals surface area (Å²) in [6, 6.07) is 16.3. The highest BCUT2D eigenvalue weighted by atomic mass is 35.5. The molecule has 198 valence electrons. The third kappa shape index (κ3) is 7.23. The molecule has 1 heterocycles. The lowest BCUT2D eigenvalue weighted by atomic mass is 9.88. The third-order valence-corrected chi connectivity index (χ3v) is 6.66. The van der Waals surface area contributed by atoms with Gasteiger partial charge in [0.2, 0.25) is 0 Å². The second-order valence-electron chi connectivity index (χ2n) is 10.2. The van der Waals surface area contributed by atoms with Crippen LogP contribution < -0.4 is 15.2 Å². The number of benzene rings is 2. The zero-order chi connectivity index (χ0) is 26.1. The summed E-state index contributed by atoms with van der Waals surface area (Å²) >= 11 is 6.05. The number of hydrogen-bond acceptors (Lipinski definition) is 6. The fraction of sp³-hybridized carbons (Fsp3) is 0.379. The molecule has 3 aromatic rings. The molecule has 0 amide bonds.